The molecule has 1 aromatic carbocycles. The van der Waals surface area contributed by atoms with Gasteiger partial charge in [-0.15, -0.1) is 0 Å². The van der Waals surface area contributed by atoms with E-state index in [2.05, 4.69) is 5.32 Å². The molecule has 0 saturated heterocycles. The molecule has 0 heterocycles. The number of hydrogen-bond donors (Lipinski definition) is 1. The molecule has 1 aromatic rings. The van der Waals surface area contributed by atoms with Gasteiger partial charge in [0.05, 0.1) is 12.0 Å². The van der Waals surface area contributed by atoms with Gasteiger partial charge < -0.3 is 5.32 Å². The molecular formula is C20H23FN2O. The van der Waals surface area contributed by atoms with Crippen LogP contribution in [-0.2, 0) is 4.79 Å². The lowest BCUT2D eigenvalue weighted by Crippen LogP contribution is -2.44. The van der Waals surface area contributed by atoms with E-state index in [1.54, 1.807) is 6.08 Å². The van der Waals surface area contributed by atoms with Crippen LogP contribution >= 0.6 is 0 Å². The zero-order valence-corrected chi connectivity index (χ0v) is 14.1. The molecule has 0 aliphatic heterocycles. The van der Waals surface area contributed by atoms with Crippen LogP contribution < -0.4 is 5.32 Å². The first-order valence-electron chi connectivity index (χ1n) is 8.23. The number of rotatable bonds is 6. The first-order valence-corrected chi connectivity index (χ1v) is 8.23. The predicted molar refractivity (Wildman–Crippen MR) is 93.6 cm³/mol. The van der Waals surface area contributed by atoms with Crippen molar-refractivity contribution in [3.63, 3.8) is 0 Å². The highest BCUT2D eigenvalue weighted by molar-refractivity contribution is 5.82. The number of nitrogens with zero attached hydrogens (tertiary/aromatic N) is 1. The second-order valence-electron chi connectivity index (χ2n) is 6.58. The number of alkyl halides is 1. The number of carbonyl (C=O) groups is 1. The molecule has 1 aliphatic rings. The largest absolute Gasteiger partial charge is 0.343 e. The number of halogens is 1. The summed E-state index contributed by atoms with van der Waals surface area (Å²) in [5.41, 5.74) is 0.0936. The maximum atomic E-state index is 15.7. The Hall–Kier alpha value is -2.41. The van der Waals surface area contributed by atoms with E-state index in [1.807, 2.05) is 56.3 Å². The van der Waals surface area contributed by atoms with Crippen molar-refractivity contribution in [1.82, 2.24) is 5.32 Å². The van der Waals surface area contributed by atoms with Gasteiger partial charge in [-0.2, -0.15) is 5.26 Å². The van der Waals surface area contributed by atoms with Crippen molar-refractivity contribution in [2.45, 2.75) is 32.4 Å². The van der Waals surface area contributed by atoms with Crippen LogP contribution in [0.5, 0.6) is 0 Å². The van der Waals surface area contributed by atoms with E-state index >= 15 is 4.39 Å². The van der Waals surface area contributed by atoms with E-state index in [1.165, 1.54) is 6.08 Å². The summed E-state index contributed by atoms with van der Waals surface area (Å²) in [5, 5.41) is 11.2. The predicted octanol–water partition coefficient (Wildman–Crippen LogP) is 4.04. The van der Waals surface area contributed by atoms with Gasteiger partial charge in [0.15, 0.2) is 0 Å². The normalized spacial score (nSPS) is 21.0. The molecule has 0 bridgehead atoms. The first kappa shape index (κ1) is 17.9. The minimum absolute atomic E-state index is 0.103. The molecule has 2 atom stereocenters. The molecule has 0 aromatic heterocycles. The Kier molecular flexibility index (Phi) is 5.92. The quantitative estimate of drug-likeness (QED) is 0.802. The molecule has 0 radical (unpaired) electrons. The van der Waals surface area contributed by atoms with Gasteiger partial charge in [0.25, 0.3) is 0 Å². The summed E-state index contributed by atoms with van der Waals surface area (Å²) in [6.07, 6.45) is 5.66. The van der Waals surface area contributed by atoms with E-state index in [9.17, 15) is 4.79 Å². The number of hydrogen-bond acceptors (Lipinski definition) is 2. The van der Waals surface area contributed by atoms with Crippen LogP contribution in [0.15, 0.2) is 48.6 Å². The van der Waals surface area contributed by atoms with Gasteiger partial charge in [0, 0.05) is 6.42 Å². The van der Waals surface area contributed by atoms with Gasteiger partial charge in [-0.1, -0.05) is 56.3 Å². The average Bonchev–Trinajstić information content (AvgIpc) is 2.58. The van der Waals surface area contributed by atoms with Crippen molar-refractivity contribution >= 4 is 11.5 Å². The molecule has 126 valence electrons. The third kappa shape index (κ3) is 4.32. The van der Waals surface area contributed by atoms with Crippen molar-refractivity contribution in [2.75, 3.05) is 6.54 Å². The number of benzene rings is 1. The number of nitrogens with one attached hydrogen (secondary N) is 1. The third-order valence-corrected chi connectivity index (χ3v) is 4.22. The summed E-state index contributed by atoms with van der Waals surface area (Å²) < 4.78 is 15.7. The molecule has 1 N–H and O–H groups in total. The molecule has 0 fully saturated rings. The Bertz CT molecular complexity index is 673. The minimum atomic E-state index is -1.75. The number of carbonyl (C=O) groups excluding carboxylic acids is 1. The molecule has 0 spiro atoms. The van der Waals surface area contributed by atoms with Crippen LogP contribution in [0, 0.1) is 23.2 Å². The molecule has 4 heteroatoms. The standard InChI is InChI=1S/C20H23FN2O/c1-15(2)13-18(19(24)23-12-11-22)20(21)10-6-9-17(14-20)16-7-4-3-5-8-16/h3-10,15,18H,12-14H2,1-2H3,(H,23,24). The van der Waals surface area contributed by atoms with Crippen LogP contribution in [-0.4, -0.2) is 18.1 Å². The fraction of sp³-hybridized carbons (Fsp3) is 0.400. The Morgan fingerprint density at radius 3 is 2.71 bits per heavy atom. The van der Waals surface area contributed by atoms with Crippen molar-refractivity contribution in [3.05, 3.63) is 54.1 Å². The van der Waals surface area contributed by atoms with Crippen LogP contribution in [0.25, 0.3) is 5.57 Å². The van der Waals surface area contributed by atoms with Crippen LogP contribution in [0.3, 0.4) is 0 Å². The molecule has 24 heavy (non-hydrogen) atoms. The average molecular weight is 326 g/mol. The number of amides is 1. The molecule has 2 rings (SSSR count). The summed E-state index contributed by atoms with van der Waals surface area (Å²) in [5.74, 6) is -1.03. The van der Waals surface area contributed by atoms with E-state index in [0.29, 0.717) is 6.42 Å². The topological polar surface area (TPSA) is 52.9 Å². The first-order chi connectivity index (χ1) is 11.5. The molecule has 2 unspecified atom stereocenters. The number of allylic oxidation sites excluding steroid dienone is 4. The Morgan fingerprint density at radius 2 is 2.08 bits per heavy atom. The zero-order valence-electron chi connectivity index (χ0n) is 14.1. The van der Waals surface area contributed by atoms with Gasteiger partial charge in [-0.3, -0.25) is 4.79 Å². The monoisotopic (exact) mass is 326 g/mol. The van der Waals surface area contributed by atoms with Crippen molar-refractivity contribution in [2.24, 2.45) is 11.8 Å². The van der Waals surface area contributed by atoms with E-state index in [-0.39, 0.29) is 18.9 Å². The highest BCUT2D eigenvalue weighted by Crippen LogP contribution is 2.40. The smallest absolute Gasteiger partial charge is 0.227 e. The van der Waals surface area contributed by atoms with Gasteiger partial charge >= 0.3 is 0 Å². The lowest BCUT2D eigenvalue weighted by atomic mass is 9.75. The highest BCUT2D eigenvalue weighted by atomic mass is 19.1. The van der Waals surface area contributed by atoms with E-state index in [0.717, 1.165) is 11.1 Å². The van der Waals surface area contributed by atoms with Crippen LogP contribution in [0.2, 0.25) is 0 Å². The van der Waals surface area contributed by atoms with Gasteiger partial charge in [-0.25, -0.2) is 4.39 Å². The summed E-state index contributed by atoms with van der Waals surface area (Å²) in [6.45, 7) is 3.83. The maximum Gasteiger partial charge on any atom is 0.227 e. The van der Waals surface area contributed by atoms with Gasteiger partial charge in [0.2, 0.25) is 5.91 Å². The SMILES string of the molecule is CC(C)CC(C(=O)NCC#N)C1(F)C=CC=C(c2ccccc2)C1. The van der Waals surface area contributed by atoms with Crippen molar-refractivity contribution < 1.29 is 9.18 Å². The van der Waals surface area contributed by atoms with E-state index < -0.39 is 17.5 Å². The highest BCUT2D eigenvalue weighted by Gasteiger charge is 2.43. The molecular weight excluding hydrogens is 303 g/mol. The zero-order chi connectivity index (χ0) is 17.6. The van der Waals surface area contributed by atoms with Crippen LogP contribution in [0.4, 0.5) is 4.39 Å². The fourth-order valence-corrected chi connectivity index (χ4v) is 3.07. The molecule has 1 amide bonds. The third-order valence-electron chi connectivity index (χ3n) is 4.22. The lowest BCUT2D eigenvalue weighted by molar-refractivity contribution is -0.129. The molecule has 0 saturated carbocycles. The summed E-state index contributed by atoms with van der Waals surface area (Å²) in [6, 6.07) is 11.5. The summed E-state index contributed by atoms with van der Waals surface area (Å²) in [7, 11) is 0. The van der Waals surface area contributed by atoms with Gasteiger partial charge in [0.1, 0.15) is 12.2 Å². The fourth-order valence-electron chi connectivity index (χ4n) is 3.07. The molecule has 3 nitrogen and oxygen atoms in total. The lowest BCUT2D eigenvalue weighted by Gasteiger charge is -2.34. The second-order valence-corrected chi connectivity index (χ2v) is 6.58. The maximum absolute atomic E-state index is 15.7. The second kappa shape index (κ2) is 7.92. The Labute approximate surface area is 142 Å². The van der Waals surface area contributed by atoms with Crippen molar-refractivity contribution in [1.29, 1.82) is 5.26 Å². The van der Waals surface area contributed by atoms with Gasteiger partial charge in [-0.05, 0) is 29.6 Å². The molecule has 1 aliphatic carbocycles. The van der Waals surface area contributed by atoms with Crippen molar-refractivity contribution in [3.8, 4) is 6.07 Å². The number of nitriles is 1. The minimum Gasteiger partial charge on any atom is -0.343 e. The Morgan fingerprint density at radius 1 is 1.38 bits per heavy atom. The summed E-state index contributed by atoms with van der Waals surface area (Å²) in [4.78, 5) is 12.4. The Balaban J connectivity index is 2.25. The van der Waals surface area contributed by atoms with Crippen LogP contribution in [0.1, 0.15) is 32.3 Å². The van der Waals surface area contributed by atoms with E-state index in [4.69, 9.17) is 5.26 Å². The summed E-state index contributed by atoms with van der Waals surface area (Å²) >= 11 is 0.